The van der Waals surface area contributed by atoms with E-state index in [9.17, 15) is 25.2 Å². The Morgan fingerprint density at radius 2 is 1.86 bits per heavy atom. The molecule has 2 aliphatic carbocycles. The van der Waals surface area contributed by atoms with Gasteiger partial charge < -0.3 is 5.11 Å². The van der Waals surface area contributed by atoms with Crippen molar-refractivity contribution in [2.45, 2.75) is 25.7 Å². The van der Waals surface area contributed by atoms with Gasteiger partial charge in [0.2, 0.25) is 5.78 Å². The van der Waals surface area contributed by atoms with Crippen LogP contribution in [0.4, 0.5) is 0 Å². The highest BCUT2D eigenvalue weighted by Crippen LogP contribution is 2.49. The topological polar surface area (TPSA) is 102 Å². The van der Waals surface area contributed by atoms with Crippen molar-refractivity contribution in [3.63, 3.8) is 0 Å². The molecular weight excluding hydrogens is 315 g/mol. The molecule has 0 radical (unpaired) electrons. The lowest BCUT2D eigenvalue weighted by atomic mass is 9.61. The van der Waals surface area contributed by atoms with Crippen molar-refractivity contribution in [1.29, 1.82) is 10.5 Å². The molecule has 0 unspecified atom stereocenters. The van der Waals surface area contributed by atoms with E-state index in [2.05, 4.69) is 0 Å². The molecule has 7 heteroatoms. The molecule has 1 fully saturated rings. The second kappa shape index (κ2) is 5.52. The fourth-order valence-electron chi connectivity index (χ4n) is 2.89. The lowest BCUT2D eigenvalue weighted by Crippen LogP contribution is -2.46. The van der Waals surface area contributed by atoms with E-state index in [1.54, 1.807) is 12.1 Å². The number of nitriles is 2. The first-order chi connectivity index (χ1) is 9.91. The van der Waals surface area contributed by atoms with Gasteiger partial charge in [-0.2, -0.15) is 10.5 Å². The third-order valence-corrected chi connectivity index (χ3v) is 4.78. The molecule has 1 saturated carbocycles. The van der Waals surface area contributed by atoms with Crippen LogP contribution in [0.25, 0.3) is 0 Å². The van der Waals surface area contributed by atoms with Crippen LogP contribution in [0.5, 0.6) is 0 Å². The molecule has 0 spiro atoms. The third-order valence-electron chi connectivity index (χ3n) is 3.95. The van der Waals surface area contributed by atoms with Crippen LogP contribution < -0.4 is 0 Å². The van der Waals surface area contributed by atoms with Crippen molar-refractivity contribution in [2.75, 3.05) is 0 Å². The summed E-state index contributed by atoms with van der Waals surface area (Å²) in [6.07, 6.45) is 1.85. The molecule has 0 bridgehead atoms. The summed E-state index contributed by atoms with van der Waals surface area (Å²) >= 11 is 11.5. The van der Waals surface area contributed by atoms with Crippen LogP contribution in [0, 0.1) is 34.0 Å². The van der Waals surface area contributed by atoms with Gasteiger partial charge in [-0.15, -0.1) is 0 Å². The van der Waals surface area contributed by atoms with E-state index in [1.165, 1.54) is 0 Å². The Bertz CT molecular complexity index is 681. The summed E-state index contributed by atoms with van der Waals surface area (Å²) < 4.78 is 0. The Balaban J connectivity index is 2.73. The van der Waals surface area contributed by atoms with Crippen molar-refractivity contribution in [2.24, 2.45) is 11.3 Å². The Morgan fingerprint density at radius 1 is 1.19 bits per heavy atom. The van der Waals surface area contributed by atoms with Crippen LogP contribution >= 0.6 is 23.2 Å². The van der Waals surface area contributed by atoms with Gasteiger partial charge in [-0.1, -0.05) is 29.6 Å². The number of nitrogens with zero attached hydrogens (tertiary/aromatic N) is 2. The summed E-state index contributed by atoms with van der Waals surface area (Å²) in [5.74, 6) is -2.87. The standard InChI is InChI=1S/C14H10Cl2N2O3/c15-10-11(16)13(21)14(6-18,8(5-17)12(10)20)7-3-1-2-4-9(7)19/h7,20H,1-4H2/t7-,14-/m0/s1. The van der Waals surface area contributed by atoms with E-state index < -0.39 is 38.5 Å². The number of allylic oxidation sites excluding steroid dienone is 3. The van der Waals surface area contributed by atoms with Gasteiger partial charge in [-0.3, -0.25) is 9.59 Å². The van der Waals surface area contributed by atoms with Crippen LogP contribution in [0.15, 0.2) is 21.4 Å². The van der Waals surface area contributed by atoms with Gasteiger partial charge in [0.05, 0.1) is 6.07 Å². The quantitative estimate of drug-likeness (QED) is 0.798. The van der Waals surface area contributed by atoms with Crippen LogP contribution in [-0.2, 0) is 9.59 Å². The molecular formula is C14H10Cl2N2O3. The van der Waals surface area contributed by atoms with Crippen LogP contribution in [0.1, 0.15) is 25.7 Å². The summed E-state index contributed by atoms with van der Waals surface area (Å²) in [5, 5.41) is 27.8. The smallest absolute Gasteiger partial charge is 0.202 e. The summed E-state index contributed by atoms with van der Waals surface area (Å²) in [5.41, 5.74) is -2.57. The van der Waals surface area contributed by atoms with Crippen LogP contribution in [0.2, 0.25) is 0 Å². The number of hydrogen-bond acceptors (Lipinski definition) is 5. The van der Waals surface area contributed by atoms with Crippen molar-refractivity contribution >= 4 is 34.8 Å². The molecule has 21 heavy (non-hydrogen) atoms. The van der Waals surface area contributed by atoms with Gasteiger partial charge in [-0.05, 0) is 12.8 Å². The monoisotopic (exact) mass is 324 g/mol. The van der Waals surface area contributed by atoms with E-state index in [-0.39, 0.29) is 12.2 Å². The van der Waals surface area contributed by atoms with Crippen molar-refractivity contribution in [1.82, 2.24) is 0 Å². The number of hydrogen-bond donors (Lipinski definition) is 1. The lowest BCUT2D eigenvalue weighted by Gasteiger charge is -2.36. The Kier molecular flexibility index (Phi) is 4.09. The molecule has 0 saturated heterocycles. The number of rotatable bonds is 1. The minimum atomic E-state index is -2.08. The maximum atomic E-state index is 12.5. The molecule has 0 aromatic carbocycles. The number of aliphatic hydroxyl groups excluding tert-OH is 1. The van der Waals surface area contributed by atoms with Gasteiger partial charge >= 0.3 is 0 Å². The number of ketones is 2. The average molecular weight is 325 g/mol. The zero-order chi connectivity index (χ0) is 15.8. The minimum Gasteiger partial charge on any atom is -0.505 e. The SMILES string of the molecule is N#CC1=C(O)C(Cl)=C(Cl)C(=O)[C@@]1(C#N)[C@H]1CCCCC1=O. The highest BCUT2D eigenvalue weighted by Gasteiger charge is 2.57. The highest BCUT2D eigenvalue weighted by molar-refractivity contribution is 6.51. The molecule has 2 aliphatic rings. The van der Waals surface area contributed by atoms with Crippen molar-refractivity contribution in [3.8, 4) is 12.1 Å². The van der Waals surface area contributed by atoms with Crippen LogP contribution in [0.3, 0.4) is 0 Å². The number of carbonyl (C=O) groups is 2. The van der Waals surface area contributed by atoms with Gasteiger partial charge in [0.1, 0.15) is 27.5 Å². The molecule has 0 aromatic rings. The van der Waals surface area contributed by atoms with Gasteiger partial charge in [0.15, 0.2) is 11.2 Å². The first-order valence-corrected chi connectivity index (χ1v) is 7.05. The minimum absolute atomic E-state index is 0.232. The zero-order valence-corrected chi connectivity index (χ0v) is 12.3. The fraction of sp³-hybridized carbons (Fsp3) is 0.429. The second-order valence-corrected chi connectivity index (χ2v) is 5.73. The van der Waals surface area contributed by atoms with Crippen molar-refractivity contribution in [3.05, 3.63) is 21.4 Å². The van der Waals surface area contributed by atoms with Gasteiger partial charge in [0.25, 0.3) is 0 Å². The van der Waals surface area contributed by atoms with E-state index in [0.717, 1.165) is 0 Å². The van der Waals surface area contributed by atoms with Gasteiger partial charge in [0, 0.05) is 12.3 Å². The normalized spacial score (nSPS) is 30.2. The maximum Gasteiger partial charge on any atom is 0.202 e. The summed E-state index contributed by atoms with van der Waals surface area (Å²) in [4.78, 5) is 24.7. The predicted octanol–water partition coefficient (Wildman–Crippen LogP) is 2.86. The van der Waals surface area contributed by atoms with Crippen molar-refractivity contribution < 1.29 is 14.7 Å². The summed E-state index contributed by atoms with van der Waals surface area (Å²) in [7, 11) is 0. The molecule has 2 rings (SSSR count). The fourth-order valence-corrected chi connectivity index (χ4v) is 3.30. The Morgan fingerprint density at radius 3 is 2.38 bits per heavy atom. The zero-order valence-electron chi connectivity index (χ0n) is 10.8. The Hall–Kier alpha value is -1.82. The number of halogens is 2. The first kappa shape index (κ1) is 15.6. The third kappa shape index (κ3) is 2.05. The maximum absolute atomic E-state index is 12.5. The molecule has 1 N–H and O–H groups in total. The van der Waals surface area contributed by atoms with E-state index in [0.29, 0.717) is 19.3 Å². The van der Waals surface area contributed by atoms with Gasteiger partial charge in [-0.25, -0.2) is 0 Å². The van der Waals surface area contributed by atoms with E-state index in [1.807, 2.05) is 0 Å². The summed E-state index contributed by atoms with van der Waals surface area (Å²) in [6, 6.07) is 3.41. The number of Topliss-reactive ketones (excluding diaryl/α,β-unsaturated/α-hetero) is 2. The molecule has 5 nitrogen and oxygen atoms in total. The molecule has 2 atom stereocenters. The van der Waals surface area contributed by atoms with E-state index >= 15 is 0 Å². The second-order valence-electron chi connectivity index (χ2n) is 4.98. The molecule has 0 heterocycles. The lowest BCUT2D eigenvalue weighted by molar-refractivity contribution is -0.134. The molecule has 0 aliphatic heterocycles. The van der Waals surface area contributed by atoms with Crippen LogP contribution in [-0.4, -0.2) is 16.7 Å². The molecule has 0 amide bonds. The average Bonchev–Trinajstić information content (AvgIpc) is 2.49. The predicted molar refractivity (Wildman–Crippen MR) is 74.0 cm³/mol. The number of aliphatic hydroxyl groups is 1. The highest BCUT2D eigenvalue weighted by atomic mass is 35.5. The largest absolute Gasteiger partial charge is 0.505 e. The summed E-state index contributed by atoms with van der Waals surface area (Å²) in [6.45, 7) is 0. The first-order valence-electron chi connectivity index (χ1n) is 6.30. The molecule has 108 valence electrons. The molecule has 0 aromatic heterocycles. The number of carbonyl (C=O) groups excluding carboxylic acids is 2. The van der Waals surface area contributed by atoms with E-state index in [4.69, 9.17) is 23.2 Å². The Labute approximate surface area is 131 Å².